The molecule has 0 unspecified atom stereocenters. The van der Waals surface area contributed by atoms with Gasteiger partial charge in [-0.05, 0) is 13.0 Å². The highest BCUT2D eigenvalue weighted by Crippen LogP contribution is 2.33. The molecule has 8 heteroatoms. The van der Waals surface area contributed by atoms with Crippen molar-refractivity contribution >= 4 is 22.5 Å². The van der Waals surface area contributed by atoms with Gasteiger partial charge < -0.3 is 9.72 Å². The lowest BCUT2D eigenvalue weighted by Gasteiger charge is -2.08. The summed E-state index contributed by atoms with van der Waals surface area (Å²) in [5.41, 5.74) is 0.491. The Morgan fingerprint density at radius 2 is 2.09 bits per heavy atom. The Balaban J connectivity index is 2.14. The maximum Gasteiger partial charge on any atom is 0.242 e. The van der Waals surface area contributed by atoms with Gasteiger partial charge in [0.2, 0.25) is 5.88 Å². The summed E-state index contributed by atoms with van der Waals surface area (Å²) in [6, 6.07) is 4.09. The van der Waals surface area contributed by atoms with Crippen molar-refractivity contribution in [3.05, 3.63) is 46.5 Å². The van der Waals surface area contributed by atoms with Crippen LogP contribution < -0.4 is 4.74 Å². The molecule has 1 aromatic carbocycles. The van der Waals surface area contributed by atoms with E-state index in [1.165, 1.54) is 6.07 Å². The van der Waals surface area contributed by atoms with Gasteiger partial charge in [0, 0.05) is 17.1 Å². The second kappa shape index (κ2) is 5.24. The van der Waals surface area contributed by atoms with Gasteiger partial charge in [0.1, 0.15) is 12.4 Å². The summed E-state index contributed by atoms with van der Waals surface area (Å²) in [6.45, 7) is 1.68. The summed E-state index contributed by atoms with van der Waals surface area (Å²) in [6.07, 6.45) is 1.06. The Bertz CT molecular complexity index is 933. The Hall–Kier alpha value is -2.72. The smallest absolute Gasteiger partial charge is 0.242 e. The number of hydrogen-bond acceptors (Lipinski definition) is 4. The number of aromatic amines is 1. The summed E-state index contributed by atoms with van der Waals surface area (Å²) in [5.74, 6) is -2.08. The first-order valence-corrected chi connectivity index (χ1v) is 6.45. The van der Waals surface area contributed by atoms with E-state index in [4.69, 9.17) is 21.6 Å². The third-order valence-corrected chi connectivity index (χ3v) is 3.27. The van der Waals surface area contributed by atoms with E-state index in [2.05, 4.69) is 15.0 Å². The molecule has 0 saturated carbocycles. The van der Waals surface area contributed by atoms with Crippen LogP contribution in [0.5, 0.6) is 11.6 Å². The zero-order valence-electron chi connectivity index (χ0n) is 11.1. The standard InChI is InChI=1S/C14H7ClF2N4O/c1-6-2-7-11(17)10(3-9(16)12(7)21-6)22-14-8(4-18)13(15)19-5-20-14/h2-3,5,21H,1H3. The van der Waals surface area contributed by atoms with Crippen molar-refractivity contribution in [3.8, 4) is 17.7 Å². The fraction of sp³-hybridized carbons (Fsp3) is 0.0714. The molecule has 5 nitrogen and oxygen atoms in total. The predicted molar refractivity (Wildman–Crippen MR) is 74.8 cm³/mol. The molecular weight excluding hydrogens is 314 g/mol. The molecule has 0 radical (unpaired) electrons. The molecule has 22 heavy (non-hydrogen) atoms. The van der Waals surface area contributed by atoms with Crippen LogP contribution in [0, 0.1) is 29.9 Å². The average Bonchev–Trinajstić information content (AvgIpc) is 2.87. The number of benzene rings is 1. The molecule has 110 valence electrons. The number of H-pyrrole nitrogens is 1. The minimum atomic E-state index is -0.764. The second-order valence-corrected chi connectivity index (χ2v) is 4.83. The summed E-state index contributed by atoms with van der Waals surface area (Å²) in [7, 11) is 0. The van der Waals surface area contributed by atoms with E-state index in [1.807, 2.05) is 0 Å². The van der Waals surface area contributed by atoms with Crippen LogP contribution in [0.2, 0.25) is 5.15 Å². The van der Waals surface area contributed by atoms with Crippen LogP contribution in [-0.2, 0) is 0 Å². The molecule has 1 N–H and O–H groups in total. The first kappa shape index (κ1) is 14.2. The lowest BCUT2D eigenvalue weighted by atomic mass is 10.2. The van der Waals surface area contributed by atoms with Crippen LogP contribution in [0.25, 0.3) is 10.9 Å². The predicted octanol–water partition coefficient (Wildman–Crippen LogP) is 3.86. The quantitative estimate of drug-likeness (QED) is 0.727. The molecular formula is C14H7ClF2N4O. The Morgan fingerprint density at radius 3 is 2.82 bits per heavy atom. The molecule has 0 bridgehead atoms. The van der Waals surface area contributed by atoms with Gasteiger partial charge in [-0.15, -0.1) is 0 Å². The topological polar surface area (TPSA) is 74.6 Å². The van der Waals surface area contributed by atoms with E-state index in [0.717, 1.165) is 12.4 Å². The molecule has 0 fully saturated rings. The summed E-state index contributed by atoms with van der Waals surface area (Å²) in [5, 5.41) is 8.92. The minimum absolute atomic E-state index is 0.0450. The number of aromatic nitrogens is 3. The number of fused-ring (bicyclic) bond motifs is 1. The van der Waals surface area contributed by atoms with Crippen molar-refractivity contribution in [2.75, 3.05) is 0 Å². The van der Waals surface area contributed by atoms with Crippen molar-refractivity contribution in [2.24, 2.45) is 0 Å². The molecule has 0 aliphatic carbocycles. The van der Waals surface area contributed by atoms with Gasteiger partial charge in [-0.2, -0.15) is 5.26 Å². The molecule has 0 spiro atoms. The van der Waals surface area contributed by atoms with E-state index < -0.39 is 17.4 Å². The number of hydrogen-bond donors (Lipinski definition) is 1. The van der Waals surface area contributed by atoms with Gasteiger partial charge in [0.05, 0.1) is 5.52 Å². The third-order valence-electron chi connectivity index (χ3n) is 2.99. The number of nitrogens with zero attached hydrogens (tertiary/aromatic N) is 3. The molecule has 3 aromatic rings. The van der Waals surface area contributed by atoms with Crippen molar-refractivity contribution < 1.29 is 13.5 Å². The fourth-order valence-corrected chi connectivity index (χ4v) is 2.20. The largest absolute Gasteiger partial charge is 0.434 e. The van der Waals surface area contributed by atoms with Gasteiger partial charge in [-0.25, -0.2) is 18.7 Å². The molecule has 0 aliphatic rings. The third kappa shape index (κ3) is 2.23. The molecule has 2 heterocycles. The van der Waals surface area contributed by atoms with Gasteiger partial charge in [-0.3, -0.25) is 0 Å². The SMILES string of the molecule is Cc1cc2c(F)c(Oc3ncnc(Cl)c3C#N)cc(F)c2[nH]1. The van der Waals surface area contributed by atoms with E-state index in [1.54, 1.807) is 13.0 Å². The van der Waals surface area contributed by atoms with Crippen molar-refractivity contribution in [1.82, 2.24) is 15.0 Å². The normalized spacial score (nSPS) is 10.7. The lowest BCUT2D eigenvalue weighted by molar-refractivity contribution is 0.424. The van der Waals surface area contributed by atoms with Gasteiger partial charge >= 0.3 is 0 Å². The van der Waals surface area contributed by atoms with Gasteiger partial charge in [0.25, 0.3) is 0 Å². The van der Waals surface area contributed by atoms with Crippen molar-refractivity contribution in [1.29, 1.82) is 5.26 Å². The minimum Gasteiger partial charge on any atom is -0.434 e. The van der Waals surface area contributed by atoms with Crippen LogP contribution in [0.1, 0.15) is 11.3 Å². The Kier molecular flexibility index (Phi) is 3.39. The zero-order chi connectivity index (χ0) is 15.9. The van der Waals surface area contributed by atoms with E-state index in [0.29, 0.717) is 5.69 Å². The first-order valence-electron chi connectivity index (χ1n) is 6.07. The molecule has 2 aromatic heterocycles. The van der Waals surface area contributed by atoms with Crippen molar-refractivity contribution in [3.63, 3.8) is 0 Å². The number of aryl methyl sites for hydroxylation is 1. The fourth-order valence-electron chi connectivity index (χ4n) is 2.03. The molecule has 0 amide bonds. The Morgan fingerprint density at radius 1 is 1.32 bits per heavy atom. The molecule has 0 aliphatic heterocycles. The number of nitrogens with one attached hydrogen (secondary N) is 1. The molecule has 3 rings (SSSR count). The van der Waals surface area contributed by atoms with E-state index >= 15 is 0 Å². The van der Waals surface area contributed by atoms with Crippen LogP contribution in [-0.4, -0.2) is 15.0 Å². The van der Waals surface area contributed by atoms with Crippen LogP contribution >= 0.6 is 11.6 Å². The average molecular weight is 321 g/mol. The van der Waals surface area contributed by atoms with E-state index in [-0.39, 0.29) is 27.5 Å². The van der Waals surface area contributed by atoms with Crippen molar-refractivity contribution in [2.45, 2.75) is 6.92 Å². The number of halogens is 3. The van der Waals surface area contributed by atoms with Gasteiger partial charge in [-0.1, -0.05) is 11.6 Å². The highest BCUT2D eigenvalue weighted by molar-refractivity contribution is 6.30. The maximum absolute atomic E-state index is 14.4. The molecule has 0 saturated heterocycles. The summed E-state index contributed by atoms with van der Waals surface area (Å²) in [4.78, 5) is 10.1. The van der Waals surface area contributed by atoms with Crippen LogP contribution in [0.15, 0.2) is 18.5 Å². The second-order valence-electron chi connectivity index (χ2n) is 4.47. The number of rotatable bonds is 2. The van der Waals surface area contributed by atoms with E-state index in [9.17, 15) is 8.78 Å². The maximum atomic E-state index is 14.4. The summed E-state index contributed by atoms with van der Waals surface area (Å²) < 4.78 is 33.6. The molecule has 0 atom stereocenters. The first-order chi connectivity index (χ1) is 10.5. The Labute approximate surface area is 128 Å². The highest BCUT2D eigenvalue weighted by atomic mass is 35.5. The highest BCUT2D eigenvalue weighted by Gasteiger charge is 2.19. The monoisotopic (exact) mass is 320 g/mol. The van der Waals surface area contributed by atoms with Crippen LogP contribution in [0.4, 0.5) is 8.78 Å². The zero-order valence-corrected chi connectivity index (χ0v) is 11.9. The lowest BCUT2D eigenvalue weighted by Crippen LogP contribution is -1.97. The number of ether oxygens (including phenoxy) is 1. The van der Waals surface area contributed by atoms with Gasteiger partial charge in [0.15, 0.2) is 28.1 Å². The number of nitriles is 1. The summed E-state index contributed by atoms with van der Waals surface area (Å²) >= 11 is 5.74. The van der Waals surface area contributed by atoms with Crippen LogP contribution in [0.3, 0.4) is 0 Å².